The molecule has 3 aromatic heterocycles. The summed E-state index contributed by atoms with van der Waals surface area (Å²) in [6.07, 6.45) is -2.94. The van der Waals surface area contributed by atoms with Crippen LogP contribution in [0.5, 0.6) is 0 Å². The van der Waals surface area contributed by atoms with E-state index in [-0.39, 0.29) is 40.1 Å². The number of aryl methyl sites for hydroxylation is 2. The summed E-state index contributed by atoms with van der Waals surface area (Å²) in [5, 5.41) is 7.64. The summed E-state index contributed by atoms with van der Waals surface area (Å²) in [6.45, 7) is 4.14. The van der Waals surface area contributed by atoms with Crippen molar-refractivity contribution in [2.45, 2.75) is 45.2 Å². The Hall–Kier alpha value is -2.91. The zero-order chi connectivity index (χ0) is 20.8. The van der Waals surface area contributed by atoms with Crippen LogP contribution >= 0.6 is 0 Å². The van der Waals surface area contributed by atoms with E-state index in [1.165, 1.54) is 6.92 Å². The van der Waals surface area contributed by atoms with E-state index in [4.69, 9.17) is 9.05 Å². The number of piperidine rings is 1. The highest BCUT2D eigenvalue weighted by Gasteiger charge is 2.38. The number of hydrogen-bond donors (Lipinski definition) is 0. The third-order valence-corrected chi connectivity index (χ3v) is 5.21. The summed E-state index contributed by atoms with van der Waals surface area (Å²) in [6, 6.07) is 2.63. The highest BCUT2D eigenvalue weighted by molar-refractivity contribution is 5.91. The summed E-state index contributed by atoms with van der Waals surface area (Å²) in [4.78, 5) is 18.2. The Bertz CT molecular complexity index is 1050. The van der Waals surface area contributed by atoms with Crippen molar-refractivity contribution in [3.05, 3.63) is 40.5 Å². The minimum absolute atomic E-state index is 0.0873. The van der Waals surface area contributed by atoms with Crippen LogP contribution in [0.25, 0.3) is 11.1 Å². The number of carbonyl (C=O) groups is 1. The van der Waals surface area contributed by atoms with Gasteiger partial charge in [0, 0.05) is 30.8 Å². The number of nitrogens with zero attached hydrogens (tertiary/aromatic N) is 4. The summed E-state index contributed by atoms with van der Waals surface area (Å²) < 4.78 is 50.8. The van der Waals surface area contributed by atoms with E-state index >= 15 is 0 Å². The molecule has 0 saturated carbocycles. The van der Waals surface area contributed by atoms with Gasteiger partial charge in [0.05, 0.1) is 22.3 Å². The van der Waals surface area contributed by atoms with E-state index in [1.807, 2.05) is 6.92 Å². The number of aromatic nitrogens is 3. The number of halogens is 3. The second-order valence-electron chi connectivity index (χ2n) is 7.16. The molecule has 0 N–H and O–H groups in total. The van der Waals surface area contributed by atoms with Gasteiger partial charge in [-0.25, -0.2) is 4.98 Å². The summed E-state index contributed by atoms with van der Waals surface area (Å²) in [7, 11) is 0. The molecule has 1 saturated heterocycles. The fourth-order valence-electron chi connectivity index (χ4n) is 3.69. The lowest BCUT2D eigenvalue weighted by Gasteiger charge is -2.30. The number of amides is 1. The number of alkyl halides is 3. The second-order valence-corrected chi connectivity index (χ2v) is 7.16. The topological polar surface area (TPSA) is 85.3 Å². The minimum Gasteiger partial charge on any atom is -0.351 e. The van der Waals surface area contributed by atoms with Crippen molar-refractivity contribution >= 4 is 17.0 Å². The Morgan fingerprint density at radius 1 is 1.21 bits per heavy atom. The predicted molar refractivity (Wildman–Crippen MR) is 95.3 cm³/mol. The Kier molecular flexibility index (Phi) is 4.79. The predicted octanol–water partition coefficient (Wildman–Crippen LogP) is 4.12. The molecule has 154 valence electrons. The molecule has 7 nitrogen and oxygen atoms in total. The van der Waals surface area contributed by atoms with Crippen molar-refractivity contribution in [3.63, 3.8) is 0 Å². The number of likely N-dealkylation sites (tertiary alicyclic amines) is 1. The van der Waals surface area contributed by atoms with Crippen molar-refractivity contribution in [1.29, 1.82) is 0 Å². The van der Waals surface area contributed by atoms with E-state index in [9.17, 15) is 18.0 Å². The monoisotopic (exact) mass is 408 g/mol. The normalized spacial score (nSPS) is 16.0. The van der Waals surface area contributed by atoms with Gasteiger partial charge in [0.1, 0.15) is 0 Å². The van der Waals surface area contributed by atoms with Gasteiger partial charge in [0.2, 0.25) is 5.76 Å². The lowest BCUT2D eigenvalue weighted by atomic mass is 9.90. The summed E-state index contributed by atoms with van der Waals surface area (Å²) in [5.41, 5.74) is 0.258. The number of pyridine rings is 1. The molecule has 0 radical (unpaired) electrons. The Morgan fingerprint density at radius 3 is 2.55 bits per heavy atom. The van der Waals surface area contributed by atoms with Crippen molar-refractivity contribution < 1.29 is 27.0 Å². The SMILES string of the molecule is CCc1cc(C(=O)N2CCC(c3noc4nc(C)cc(C(F)(F)F)c34)CC2)on1. The first-order chi connectivity index (χ1) is 13.8. The molecule has 0 bridgehead atoms. The maximum Gasteiger partial charge on any atom is 0.417 e. The second kappa shape index (κ2) is 7.16. The van der Waals surface area contributed by atoms with Crippen LogP contribution in [-0.4, -0.2) is 39.2 Å². The van der Waals surface area contributed by atoms with Crippen LogP contribution in [0.4, 0.5) is 13.2 Å². The van der Waals surface area contributed by atoms with E-state index in [2.05, 4.69) is 15.3 Å². The standard InChI is InChI=1S/C19H19F3N4O3/c1-3-12-9-14(28-24-12)18(27)26-6-4-11(5-7-26)16-15-13(19(20,21)22)8-10(2)23-17(15)29-25-16/h8-9,11H,3-7H2,1-2H3. The van der Waals surface area contributed by atoms with Gasteiger partial charge in [-0.3, -0.25) is 4.79 Å². The van der Waals surface area contributed by atoms with Gasteiger partial charge in [0.25, 0.3) is 11.6 Å². The molecule has 0 aromatic carbocycles. The number of rotatable bonds is 3. The first-order valence-electron chi connectivity index (χ1n) is 9.37. The van der Waals surface area contributed by atoms with Crippen LogP contribution in [-0.2, 0) is 12.6 Å². The largest absolute Gasteiger partial charge is 0.417 e. The van der Waals surface area contributed by atoms with Crippen molar-refractivity contribution in [3.8, 4) is 0 Å². The quantitative estimate of drug-likeness (QED) is 0.648. The molecule has 0 aliphatic carbocycles. The molecule has 1 amide bonds. The van der Waals surface area contributed by atoms with E-state index in [0.717, 1.165) is 6.07 Å². The lowest BCUT2D eigenvalue weighted by Crippen LogP contribution is -2.37. The van der Waals surface area contributed by atoms with Gasteiger partial charge in [-0.2, -0.15) is 13.2 Å². The molecule has 3 aromatic rings. The smallest absolute Gasteiger partial charge is 0.351 e. The van der Waals surface area contributed by atoms with Crippen molar-refractivity contribution in [1.82, 2.24) is 20.2 Å². The highest BCUT2D eigenvalue weighted by atomic mass is 19.4. The molecule has 1 aliphatic rings. The molecular formula is C19H19F3N4O3. The van der Waals surface area contributed by atoms with Gasteiger partial charge in [-0.05, 0) is 32.3 Å². The molecule has 0 spiro atoms. The fourth-order valence-corrected chi connectivity index (χ4v) is 3.69. The third-order valence-electron chi connectivity index (χ3n) is 5.21. The van der Waals surface area contributed by atoms with E-state index < -0.39 is 11.7 Å². The maximum atomic E-state index is 13.5. The van der Waals surface area contributed by atoms with E-state index in [1.54, 1.807) is 11.0 Å². The average Bonchev–Trinajstić information content (AvgIpc) is 3.33. The van der Waals surface area contributed by atoms with Gasteiger partial charge in [0.15, 0.2) is 0 Å². The first-order valence-corrected chi connectivity index (χ1v) is 9.37. The molecule has 10 heteroatoms. The fraction of sp³-hybridized carbons (Fsp3) is 0.474. The number of carbonyl (C=O) groups excluding carboxylic acids is 1. The molecule has 0 unspecified atom stereocenters. The molecule has 1 aliphatic heterocycles. The third kappa shape index (κ3) is 3.58. The van der Waals surface area contributed by atoms with Gasteiger partial charge in [-0.15, -0.1) is 0 Å². The van der Waals surface area contributed by atoms with E-state index in [0.29, 0.717) is 38.0 Å². The maximum absolute atomic E-state index is 13.5. The van der Waals surface area contributed by atoms with Gasteiger partial charge >= 0.3 is 6.18 Å². The highest BCUT2D eigenvalue weighted by Crippen LogP contribution is 2.40. The van der Waals surface area contributed by atoms with Gasteiger partial charge < -0.3 is 13.9 Å². The zero-order valence-corrected chi connectivity index (χ0v) is 15.9. The van der Waals surface area contributed by atoms with Crippen LogP contribution in [0.3, 0.4) is 0 Å². The molecule has 29 heavy (non-hydrogen) atoms. The Morgan fingerprint density at radius 2 is 1.93 bits per heavy atom. The van der Waals surface area contributed by atoms with Gasteiger partial charge in [-0.1, -0.05) is 17.2 Å². The van der Waals surface area contributed by atoms with Crippen molar-refractivity contribution in [2.24, 2.45) is 0 Å². The van der Waals surface area contributed by atoms with Crippen LogP contribution < -0.4 is 0 Å². The first kappa shape index (κ1) is 19.4. The van der Waals surface area contributed by atoms with Crippen LogP contribution in [0.1, 0.15) is 58.9 Å². The van der Waals surface area contributed by atoms with Crippen LogP contribution in [0.2, 0.25) is 0 Å². The minimum atomic E-state index is -4.54. The number of hydrogen-bond acceptors (Lipinski definition) is 6. The molecule has 4 heterocycles. The molecular weight excluding hydrogens is 389 g/mol. The Balaban J connectivity index is 1.56. The molecule has 1 fully saturated rings. The average molecular weight is 408 g/mol. The Labute approximate surface area is 163 Å². The number of fused-ring (bicyclic) bond motifs is 1. The van der Waals surface area contributed by atoms with Crippen LogP contribution in [0, 0.1) is 6.92 Å². The molecule has 4 rings (SSSR count). The summed E-state index contributed by atoms with van der Waals surface area (Å²) in [5.74, 6) is -0.355. The van der Waals surface area contributed by atoms with Crippen LogP contribution in [0.15, 0.2) is 21.2 Å². The lowest BCUT2D eigenvalue weighted by molar-refractivity contribution is -0.136. The molecule has 0 atom stereocenters. The van der Waals surface area contributed by atoms with Crippen molar-refractivity contribution in [2.75, 3.05) is 13.1 Å². The summed E-state index contributed by atoms with van der Waals surface area (Å²) >= 11 is 0. The zero-order valence-electron chi connectivity index (χ0n) is 15.9.